The van der Waals surface area contributed by atoms with Crippen molar-refractivity contribution in [1.82, 2.24) is 19.8 Å². The lowest BCUT2D eigenvalue weighted by Gasteiger charge is -2.57. The molecule has 2 aromatic rings. The van der Waals surface area contributed by atoms with E-state index in [1.54, 1.807) is 0 Å². The molecule has 1 unspecified atom stereocenters. The van der Waals surface area contributed by atoms with Crippen molar-refractivity contribution >= 4 is 5.91 Å². The van der Waals surface area contributed by atoms with Crippen molar-refractivity contribution in [2.75, 3.05) is 19.6 Å². The van der Waals surface area contributed by atoms with Crippen molar-refractivity contribution in [3.63, 3.8) is 0 Å². The number of hydrogen-bond donors (Lipinski definition) is 1. The number of nitrogens with zero attached hydrogens (tertiary/aromatic N) is 4. The van der Waals surface area contributed by atoms with Gasteiger partial charge < -0.3 is 9.88 Å². The van der Waals surface area contributed by atoms with E-state index in [-0.39, 0.29) is 11.9 Å². The van der Waals surface area contributed by atoms with Crippen LogP contribution in [0.25, 0.3) is 0 Å². The Bertz CT molecular complexity index is 1050. The Hall–Kier alpha value is -2.65. The lowest BCUT2D eigenvalue weighted by molar-refractivity contribution is -0.125. The first-order chi connectivity index (χ1) is 16.6. The van der Waals surface area contributed by atoms with Crippen LogP contribution in [0.5, 0.6) is 0 Å². The average molecular weight is 458 g/mol. The maximum atomic E-state index is 12.3. The third-order valence-corrected chi connectivity index (χ3v) is 9.14. The van der Waals surface area contributed by atoms with Gasteiger partial charge in [0.15, 0.2) is 0 Å². The smallest absolute Gasteiger partial charge is 0.234 e. The van der Waals surface area contributed by atoms with Crippen LogP contribution >= 0.6 is 0 Å². The third kappa shape index (κ3) is 4.27. The van der Waals surface area contributed by atoms with Crippen molar-refractivity contribution < 1.29 is 4.79 Å². The standard InChI is InChI=1S/C28H35N5O/c29-15-20-1-3-21(4-2-20)17-33-19-30-16-26(33)25(32-8-7-31-27(34)18-32)5-6-28-12-22-9-23(13-28)11-24(10-22)14-28/h1-4,16,19,22-25H,5-14,17-18H2,(H,31,34). The molecule has 1 amide bonds. The molecule has 7 rings (SSSR count). The van der Waals surface area contributed by atoms with E-state index in [0.717, 1.165) is 49.4 Å². The van der Waals surface area contributed by atoms with Gasteiger partial charge >= 0.3 is 0 Å². The fourth-order valence-electron chi connectivity index (χ4n) is 8.10. The van der Waals surface area contributed by atoms with E-state index in [1.165, 1.54) is 50.6 Å². The molecular weight excluding hydrogens is 422 g/mol. The summed E-state index contributed by atoms with van der Waals surface area (Å²) in [5, 5.41) is 12.1. The predicted octanol–water partition coefficient (Wildman–Crippen LogP) is 4.27. The van der Waals surface area contributed by atoms with Crippen molar-refractivity contribution in [2.45, 2.75) is 64.0 Å². The maximum Gasteiger partial charge on any atom is 0.234 e. The van der Waals surface area contributed by atoms with Crippen molar-refractivity contribution in [1.29, 1.82) is 5.26 Å². The van der Waals surface area contributed by atoms with Crippen LogP contribution in [0.15, 0.2) is 36.8 Å². The summed E-state index contributed by atoms with van der Waals surface area (Å²) < 4.78 is 2.25. The Morgan fingerprint density at radius 2 is 1.82 bits per heavy atom. The predicted molar refractivity (Wildman–Crippen MR) is 130 cm³/mol. The third-order valence-electron chi connectivity index (χ3n) is 9.14. The quantitative estimate of drug-likeness (QED) is 0.674. The molecule has 0 spiro atoms. The normalized spacial score (nSPS) is 31.3. The van der Waals surface area contributed by atoms with Gasteiger partial charge in [0, 0.05) is 25.8 Å². The van der Waals surface area contributed by atoms with Crippen molar-refractivity contribution in [3.05, 3.63) is 53.6 Å². The average Bonchev–Trinajstić information content (AvgIpc) is 3.26. The van der Waals surface area contributed by atoms with Crippen LogP contribution in [0.3, 0.4) is 0 Å². The Morgan fingerprint density at radius 3 is 2.47 bits per heavy atom. The van der Waals surface area contributed by atoms with E-state index in [4.69, 9.17) is 5.26 Å². The molecular formula is C28H35N5O. The molecule has 4 bridgehead atoms. The lowest BCUT2D eigenvalue weighted by atomic mass is 9.48. The minimum atomic E-state index is 0.129. The Morgan fingerprint density at radius 1 is 1.12 bits per heavy atom. The molecule has 1 aromatic heterocycles. The second-order valence-electron chi connectivity index (χ2n) is 11.5. The molecule has 6 nitrogen and oxygen atoms in total. The molecule has 1 atom stereocenters. The molecule has 178 valence electrons. The number of carbonyl (C=O) groups is 1. The highest BCUT2D eigenvalue weighted by atomic mass is 16.2. The molecule has 5 aliphatic rings. The number of carbonyl (C=O) groups excluding carboxylic acids is 1. The van der Waals surface area contributed by atoms with Gasteiger partial charge in [-0.25, -0.2) is 4.98 Å². The van der Waals surface area contributed by atoms with E-state index in [1.807, 2.05) is 36.8 Å². The van der Waals surface area contributed by atoms with Crippen LogP contribution in [-0.4, -0.2) is 40.0 Å². The minimum Gasteiger partial charge on any atom is -0.354 e. The van der Waals surface area contributed by atoms with Crippen LogP contribution in [0.4, 0.5) is 0 Å². The zero-order valence-electron chi connectivity index (χ0n) is 20.0. The summed E-state index contributed by atoms with van der Waals surface area (Å²) >= 11 is 0. The highest BCUT2D eigenvalue weighted by molar-refractivity contribution is 5.78. The second kappa shape index (κ2) is 8.85. The summed E-state index contributed by atoms with van der Waals surface area (Å²) in [6.07, 6.45) is 15.0. The largest absolute Gasteiger partial charge is 0.354 e. The summed E-state index contributed by atoms with van der Waals surface area (Å²) in [4.78, 5) is 19.2. The van der Waals surface area contributed by atoms with E-state index in [0.29, 0.717) is 17.5 Å². The second-order valence-corrected chi connectivity index (χ2v) is 11.5. The molecule has 1 N–H and O–H groups in total. The van der Waals surface area contributed by atoms with Gasteiger partial charge in [0.2, 0.25) is 5.91 Å². The van der Waals surface area contributed by atoms with Gasteiger partial charge in [0.05, 0.1) is 36.2 Å². The number of benzene rings is 1. The summed E-state index contributed by atoms with van der Waals surface area (Å²) in [7, 11) is 0. The molecule has 4 aliphatic carbocycles. The minimum absolute atomic E-state index is 0.129. The molecule has 34 heavy (non-hydrogen) atoms. The topological polar surface area (TPSA) is 74.0 Å². The molecule has 5 fully saturated rings. The number of piperazine rings is 1. The fourth-order valence-corrected chi connectivity index (χ4v) is 8.10. The molecule has 0 radical (unpaired) electrons. The van der Waals surface area contributed by atoms with Gasteiger partial charge in [-0.15, -0.1) is 0 Å². The number of aromatic nitrogens is 2. The zero-order chi connectivity index (χ0) is 23.1. The van der Waals surface area contributed by atoms with Gasteiger partial charge in [-0.1, -0.05) is 12.1 Å². The van der Waals surface area contributed by atoms with Gasteiger partial charge in [-0.3, -0.25) is 9.69 Å². The first-order valence-corrected chi connectivity index (χ1v) is 13.1. The summed E-state index contributed by atoms with van der Waals surface area (Å²) in [6, 6.07) is 10.2. The number of nitrogens with one attached hydrogen (secondary N) is 1. The van der Waals surface area contributed by atoms with E-state index < -0.39 is 0 Å². The Labute approximate surface area is 202 Å². The maximum absolute atomic E-state index is 12.3. The number of rotatable bonds is 7. The van der Waals surface area contributed by atoms with Gasteiger partial charge in [-0.2, -0.15) is 5.26 Å². The van der Waals surface area contributed by atoms with Crippen LogP contribution in [-0.2, 0) is 11.3 Å². The molecule has 1 aliphatic heterocycles. The van der Waals surface area contributed by atoms with Crippen molar-refractivity contribution in [3.8, 4) is 6.07 Å². The van der Waals surface area contributed by atoms with Crippen LogP contribution in [0.2, 0.25) is 0 Å². The number of imidazole rings is 1. The first kappa shape index (κ1) is 21.9. The molecule has 1 aromatic carbocycles. The SMILES string of the molecule is N#Cc1ccc(Cn2cncc2C(CCC23CC4CC(CC(C4)C2)C3)N2CCNC(=O)C2)cc1. The van der Waals surface area contributed by atoms with Gasteiger partial charge in [0.25, 0.3) is 0 Å². The van der Waals surface area contributed by atoms with Crippen LogP contribution in [0.1, 0.15) is 74.2 Å². The van der Waals surface area contributed by atoms with Crippen molar-refractivity contribution in [2.24, 2.45) is 23.2 Å². The highest BCUT2D eigenvalue weighted by Crippen LogP contribution is 2.62. The van der Waals surface area contributed by atoms with Crippen LogP contribution in [0, 0.1) is 34.5 Å². The van der Waals surface area contributed by atoms with Gasteiger partial charge in [0.1, 0.15) is 0 Å². The summed E-state index contributed by atoms with van der Waals surface area (Å²) in [5.74, 6) is 3.02. The van der Waals surface area contributed by atoms with Crippen LogP contribution < -0.4 is 5.32 Å². The fraction of sp³-hybridized carbons (Fsp3) is 0.607. The highest BCUT2D eigenvalue weighted by Gasteiger charge is 2.50. The monoisotopic (exact) mass is 457 g/mol. The zero-order valence-corrected chi connectivity index (χ0v) is 20.0. The summed E-state index contributed by atoms with van der Waals surface area (Å²) in [6.45, 7) is 2.80. The van der Waals surface area contributed by atoms with E-state index >= 15 is 0 Å². The first-order valence-electron chi connectivity index (χ1n) is 13.1. The number of hydrogen-bond acceptors (Lipinski definition) is 4. The molecule has 2 heterocycles. The molecule has 4 saturated carbocycles. The number of nitriles is 1. The molecule has 1 saturated heterocycles. The van der Waals surface area contributed by atoms with E-state index in [2.05, 4.69) is 25.8 Å². The lowest BCUT2D eigenvalue weighted by Crippen LogP contribution is -2.50. The Balaban J connectivity index is 1.24. The van der Waals surface area contributed by atoms with Gasteiger partial charge in [-0.05, 0) is 92.2 Å². The van der Waals surface area contributed by atoms with E-state index in [9.17, 15) is 4.79 Å². The summed E-state index contributed by atoms with van der Waals surface area (Å²) in [5.41, 5.74) is 3.59. The number of amides is 1. The molecule has 6 heteroatoms. The Kier molecular flexibility index (Phi) is 5.69.